The lowest BCUT2D eigenvalue weighted by atomic mass is 10.2. The molecule has 0 atom stereocenters. The van der Waals surface area contributed by atoms with Crippen LogP contribution in [0.15, 0.2) is 81.6 Å². The largest absolute Gasteiger partial charge is 0.495 e. The van der Waals surface area contributed by atoms with Crippen LogP contribution in [-0.2, 0) is 5.75 Å². The molecule has 3 aromatic heterocycles. The topological polar surface area (TPSA) is 78.5 Å². The van der Waals surface area contributed by atoms with Crippen LogP contribution in [0, 0.1) is 6.92 Å². The molecule has 0 spiro atoms. The molecule has 0 amide bonds. The van der Waals surface area contributed by atoms with Crippen LogP contribution in [0.25, 0.3) is 22.2 Å². The summed E-state index contributed by atoms with van der Waals surface area (Å²) >= 11 is 7.47. The number of thioether (sulfide) groups is 1. The maximum Gasteiger partial charge on any atom is 0.266 e. The summed E-state index contributed by atoms with van der Waals surface area (Å²) in [6.07, 6.45) is 1.76. The number of ether oxygens (including phenoxy) is 1. The highest BCUT2D eigenvalue weighted by atomic mass is 35.5. The highest BCUT2D eigenvalue weighted by Gasteiger charge is 2.17. The van der Waals surface area contributed by atoms with Gasteiger partial charge in [0.1, 0.15) is 11.4 Å². The number of halogens is 1. The molecule has 3 heterocycles. The Kier molecular flexibility index (Phi) is 5.85. The van der Waals surface area contributed by atoms with E-state index in [2.05, 4.69) is 4.98 Å². The number of rotatable bonds is 5. The summed E-state index contributed by atoms with van der Waals surface area (Å²) in [6, 6.07) is 17.5. The van der Waals surface area contributed by atoms with Crippen molar-refractivity contribution >= 4 is 39.9 Å². The zero-order chi connectivity index (χ0) is 23.8. The zero-order valence-corrected chi connectivity index (χ0v) is 19.9. The Morgan fingerprint density at radius 3 is 2.68 bits per heavy atom. The van der Waals surface area contributed by atoms with Crippen LogP contribution < -0.4 is 15.9 Å². The lowest BCUT2D eigenvalue weighted by molar-refractivity contribution is 0.411. The van der Waals surface area contributed by atoms with E-state index in [1.54, 1.807) is 43.6 Å². The van der Waals surface area contributed by atoms with Crippen LogP contribution in [0.2, 0.25) is 5.02 Å². The molecule has 0 unspecified atom stereocenters. The van der Waals surface area contributed by atoms with Crippen molar-refractivity contribution < 1.29 is 4.74 Å². The number of aryl methyl sites for hydroxylation is 1. The minimum atomic E-state index is -0.240. The molecule has 2 aromatic carbocycles. The Balaban J connectivity index is 1.64. The van der Waals surface area contributed by atoms with E-state index in [0.717, 1.165) is 5.56 Å². The van der Waals surface area contributed by atoms with Gasteiger partial charge in [-0.15, -0.1) is 0 Å². The van der Waals surface area contributed by atoms with Crippen LogP contribution in [0.3, 0.4) is 0 Å². The lowest BCUT2D eigenvalue weighted by Crippen LogP contribution is -2.22. The average Bonchev–Trinajstić information content (AvgIpc) is 2.83. The molecule has 0 aliphatic heterocycles. The average molecular weight is 491 g/mol. The molecule has 5 rings (SSSR count). The number of fused-ring (bicyclic) bond motifs is 2. The third kappa shape index (κ3) is 4.06. The summed E-state index contributed by atoms with van der Waals surface area (Å²) in [5.74, 6) is 0.881. The summed E-state index contributed by atoms with van der Waals surface area (Å²) in [5.41, 5.74) is 2.79. The molecule has 0 aliphatic rings. The number of hydrogen-bond acceptors (Lipinski definition) is 6. The normalized spacial score (nSPS) is 11.3. The molecule has 5 aromatic rings. The summed E-state index contributed by atoms with van der Waals surface area (Å²) in [6.45, 7) is 1.92. The number of hydrogen-bond donors (Lipinski definition) is 0. The van der Waals surface area contributed by atoms with Gasteiger partial charge in [0, 0.05) is 23.0 Å². The molecule has 0 saturated heterocycles. The number of methoxy groups -OCH3 is 1. The van der Waals surface area contributed by atoms with E-state index < -0.39 is 0 Å². The van der Waals surface area contributed by atoms with Gasteiger partial charge in [-0.25, -0.2) is 9.97 Å². The maximum absolute atomic E-state index is 13.5. The Bertz CT molecular complexity index is 1680. The van der Waals surface area contributed by atoms with Gasteiger partial charge in [0.2, 0.25) is 0 Å². The van der Waals surface area contributed by atoms with Crippen LogP contribution >= 0.6 is 23.4 Å². The van der Waals surface area contributed by atoms with Gasteiger partial charge in [-0.2, -0.15) is 0 Å². The van der Waals surface area contributed by atoms with Gasteiger partial charge in [0.05, 0.1) is 29.4 Å². The van der Waals surface area contributed by atoms with Crippen LogP contribution in [-0.4, -0.2) is 26.0 Å². The maximum atomic E-state index is 13.5. The first-order chi connectivity index (χ1) is 16.4. The Morgan fingerprint density at radius 2 is 1.85 bits per heavy atom. The Hall–Kier alpha value is -3.62. The third-order valence-corrected chi connectivity index (χ3v) is 6.54. The van der Waals surface area contributed by atoms with Gasteiger partial charge in [-0.3, -0.25) is 18.6 Å². The van der Waals surface area contributed by atoms with Crippen LogP contribution in [0.4, 0.5) is 0 Å². The van der Waals surface area contributed by atoms with Crippen molar-refractivity contribution in [2.45, 2.75) is 17.8 Å². The highest BCUT2D eigenvalue weighted by Crippen LogP contribution is 2.29. The highest BCUT2D eigenvalue weighted by molar-refractivity contribution is 7.98. The van der Waals surface area contributed by atoms with E-state index in [-0.39, 0.29) is 11.1 Å². The summed E-state index contributed by atoms with van der Waals surface area (Å²) in [5, 5.41) is 1.37. The third-order valence-electron chi connectivity index (χ3n) is 5.34. The van der Waals surface area contributed by atoms with Gasteiger partial charge >= 0.3 is 0 Å². The minimum absolute atomic E-state index is 0.162. The minimum Gasteiger partial charge on any atom is -0.495 e. The summed E-state index contributed by atoms with van der Waals surface area (Å²) in [7, 11) is 1.55. The number of para-hydroxylation sites is 2. The van der Waals surface area contributed by atoms with Crippen LogP contribution in [0.1, 0.15) is 11.3 Å². The van der Waals surface area contributed by atoms with Crippen molar-refractivity contribution in [2.75, 3.05) is 7.11 Å². The molecular weight excluding hydrogens is 472 g/mol. The van der Waals surface area contributed by atoms with Crippen molar-refractivity contribution in [3.63, 3.8) is 0 Å². The molecule has 34 heavy (non-hydrogen) atoms. The molecule has 0 saturated carbocycles. The predicted molar refractivity (Wildman–Crippen MR) is 135 cm³/mol. The van der Waals surface area contributed by atoms with Gasteiger partial charge < -0.3 is 4.74 Å². The summed E-state index contributed by atoms with van der Waals surface area (Å²) < 4.78 is 8.55. The van der Waals surface area contributed by atoms with Gasteiger partial charge in [0.25, 0.3) is 11.1 Å². The smallest absolute Gasteiger partial charge is 0.266 e. The fourth-order valence-electron chi connectivity index (χ4n) is 3.73. The standard InChI is InChI=1S/C25H19ClN4O3S/c1-15-7-10-22-27-17(12-23(31)29(22)13-15)14-34-25-28-19-11-16(26)8-9-18(19)24(32)30(25)20-5-3-4-6-21(20)33-2/h3-13H,14H2,1-2H3. The van der Waals surface area contributed by atoms with E-state index in [0.29, 0.717) is 49.6 Å². The van der Waals surface area contributed by atoms with Crippen LogP contribution in [0.5, 0.6) is 5.75 Å². The second kappa shape index (κ2) is 8.96. The number of nitrogens with zero attached hydrogens (tertiary/aromatic N) is 4. The second-order valence-corrected chi connectivity index (χ2v) is 9.06. The monoisotopic (exact) mass is 490 g/mol. The van der Waals surface area contributed by atoms with Crippen molar-refractivity contribution in [2.24, 2.45) is 0 Å². The molecule has 170 valence electrons. The van der Waals surface area contributed by atoms with Crippen molar-refractivity contribution in [1.82, 2.24) is 18.9 Å². The molecular formula is C25H19ClN4O3S. The molecule has 0 bridgehead atoms. The molecule has 0 N–H and O–H groups in total. The van der Waals surface area contributed by atoms with E-state index in [4.69, 9.17) is 21.3 Å². The van der Waals surface area contributed by atoms with E-state index >= 15 is 0 Å². The van der Waals surface area contributed by atoms with Crippen molar-refractivity contribution in [1.29, 1.82) is 0 Å². The first kappa shape index (κ1) is 22.2. The molecule has 0 fully saturated rings. The van der Waals surface area contributed by atoms with E-state index in [9.17, 15) is 9.59 Å². The fourth-order valence-corrected chi connectivity index (χ4v) is 4.80. The van der Waals surface area contributed by atoms with Gasteiger partial charge in [-0.1, -0.05) is 41.6 Å². The molecule has 7 nitrogen and oxygen atoms in total. The zero-order valence-electron chi connectivity index (χ0n) is 18.4. The predicted octanol–water partition coefficient (Wildman–Crippen LogP) is 4.66. The quantitative estimate of drug-likeness (QED) is 0.263. The molecule has 9 heteroatoms. The first-order valence-corrected chi connectivity index (χ1v) is 11.8. The summed E-state index contributed by atoms with van der Waals surface area (Å²) in [4.78, 5) is 35.5. The van der Waals surface area contributed by atoms with E-state index in [1.807, 2.05) is 31.2 Å². The second-order valence-electron chi connectivity index (χ2n) is 7.68. The molecule has 0 radical (unpaired) electrons. The number of aromatic nitrogens is 4. The van der Waals surface area contributed by atoms with Gasteiger partial charge in [-0.05, 0) is 48.9 Å². The Morgan fingerprint density at radius 1 is 1.03 bits per heavy atom. The van der Waals surface area contributed by atoms with Crippen molar-refractivity contribution in [3.8, 4) is 11.4 Å². The molecule has 0 aliphatic carbocycles. The first-order valence-electron chi connectivity index (χ1n) is 10.4. The van der Waals surface area contributed by atoms with Gasteiger partial charge in [0.15, 0.2) is 5.16 Å². The SMILES string of the molecule is COc1ccccc1-n1c(SCc2cc(=O)n3cc(C)ccc3n2)nc2cc(Cl)ccc2c1=O. The van der Waals surface area contributed by atoms with Crippen molar-refractivity contribution in [3.05, 3.63) is 104 Å². The fraction of sp³-hybridized carbons (Fsp3) is 0.120. The Labute approximate surface area is 203 Å². The van der Waals surface area contributed by atoms with E-state index in [1.165, 1.54) is 26.8 Å². The number of benzene rings is 2. The lowest BCUT2D eigenvalue weighted by Gasteiger charge is -2.15. The number of pyridine rings is 1.